The molecule has 100 valence electrons. The minimum Gasteiger partial charge on any atom is -0.481 e. The Labute approximate surface area is 110 Å². The Morgan fingerprint density at radius 1 is 1.47 bits per heavy atom. The summed E-state index contributed by atoms with van der Waals surface area (Å²) in [5.41, 5.74) is 1.66. The van der Waals surface area contributed by atoms with E-state index in [1.54, 1.807) is 19.1 Å². The number of carbonyl (C=O) groups is 1. The summed E-state index contributed by atoms with van der Waals surface area (Å²) >= 11 is 0. The smallest absolute Gasteiger partial charge is 0.261 e. The molecule has 2 heterocycles. The van der Waals surface area contributed by atoms with E-state index in [0.29, 0.717) is 35.0 Å². The highest BCUT2D eigenvalue weighted by Crippen LogP contribution is 2.17. The molecule has 0 radical (unpaired) electrons. The molecule has 0 aliphatic heterocycles. The number of aryl methyl sites for hydroxylation is 2. The minimum atomic E-state index is -0.248. The third-order valence-corrected chi connectivity index (χ3v) is 2.68. The lowest BCUT2D eigenvalue weighted by Gasteiger charge is -2.05. The summed E-state index contributed by atoms with van der Waals surface area (Å²) in [6, 6.07) is 3.40. The van der Waals surface area contributed by atoms with Crippen molar-refractivity contribution >= 4 is 11.6 Å². The molecule has 6 heteroatoms. The number of nitrogens with one attached hydrogen (secondary N) is 1. The number of methoxy groups -OCH3 is 1. The first-order valence-electron chi connectivity index (χ1n) is 5.92. The largest absolute Gasteiger partial charge is 0.481 e. The van der Waals surface area contributed by atoms with Crippen LogP contribution in [0.15, 0.2) is 22.9 Å². The Kier molecular flexibility index (Phi) is 3.79. The zero-order valence-electron chi connectivity index (χ0n) is 11.1. The number of anilines is 1. The van der Waals surface area contributed by atoms with Gasteiger partial charge in [-0.25, -0.2) is 4.98 Å². The van der Waals surface area contributed by atoms with Gasteiger partial charge < -0.3 is 14.6 Å². The van der Waals surface area contributed by atoms with Crippen LogP contribution in [0, 0.1) is 6.92 Å². The van der Waals surface area contributed by atoms with E-state index in [1.807, 2.05) is 6.92 Å². The second-order valence-corrected chi connectivity index (χ2v) is 3.96. The molecule has 0 aromatic carbocycles. The van der Waals surface area contributed by atoms with E-state index >= 15 is 0 Å². The summed E-state index contributed by atoms with van der Waals surface area (Å²) < 4.78 is 10.0. The van der Waals surface area contributed by atoms with E-state index in [-0.39, 0.29) is 5.91 Å². The van der Waals surface area contributed by atoms with Crippen LogP contribution < -0.4 is 10.1 Å². The van der Waals surface area contributed by atoms with E-state index in [0.717, 1.165) is 0 Å². The van der Waals surface area contributed by atoms with Gasteiger partial charge in [0.05, 0.1) is 24.7 Å². The van der Waals surface area contributed by atoms with Gasteiger partial charge in [0.2, 0.25) is 5.88 Å². The SMILES string of the molecule is CCc1onc(C)c1C(=O)Nc1ccc(OC)nc1. The first-order valence-corrected chi connectivity index (χ1v) is 5.92. The fourth-order valence-electron chi connectivity index (χ4n) is 1.72. The number of amides is 1. The monoisotopic (exact) mass is 261 g/mol. The molecule has 0 fully saturated rings. The highest BCUT2D eigenvalue weighted by molar-refractivity contribution is 6.05. The fraction of sp³-hybridized carbons (Fsp3) is 0.308. The Morgan fingerprint density at radius 3 is 2.84 bits per heavy atom. The number of hydrogen-bond donors (Lipinski definition) is 1. The van der Waals surface area contributed by atoms with Gasteiger partial charge in [0, 0.05) is 12.5 Å². The van der Waals surface area contributed by atoms with Crippen LogP contribution in [0.1, 0.15) is 28.7 Å². The molecule has 0 saturated heterocycles. The van der Waals surface area contributed by atoms with Crippen molar-refractivity contribution in [2.45, 2.75) is 20.3 Å². The van der Waals surface area contributed by atoms with E-state index in [4.69, 9.17) is 9.26 Å². The molecule has 0 bridgehead atoms. The fourth-order valence-corrected chi connectivity index (χ4v) is 1.72. The molecule has 19 heavy (non-hydrogen) atoms. The molecule has 2 aromatic heterocycles. The molecular weight excluding hydrogens is 246 g/mol. The molecule has 2 rings (SSSR count). The van der Waals surface area contributed by atoms with Gasteiger partial charge in [-0.3, -0.25) is 4.79 Å². The maximum Gasteiger partial charge on any atom is 0.261 e. The lowest BCUT2D eigenvalue weighted by atomic mass is 10.1. The van der Waals surface area contributed by atoms with Crippen molar-refractivity contribution in [2.75, 3.05) is 12.4 Å². The summed E-state index contributed by atoms with van der Waals surface area (Å²) in [6.07, 6.45) is 2.15. The number of nitrogens with zero attached hydrogens (tertiary/aromatic N) is 2. The summed E-state index contributed by atoms with van der Waals surface area (Å²) in [5.74, 6) is 0.826. The van der Waals surface area contributed by atoms with E-state index in [9.17, 15) is 4.79 Å². The number of ether oxygens (including phenoxy) is 1. The molecule has 0 spiro atoms. The maximum atomic E-state index is 12.2. The van der Waals surface area contributed by atoms with Gasteiger partial charge in [-0.05, 0) is 13.0 Å². The van der Waals surface area contributed by atoms with Gasteiger partial charge in [0.1, 0.15) is 11.3 Å². The first kappa shape index (κ1) is 13.1. The van der Waals surface area contributed by atoms with Crippen molar-refractivity contribution in [3.05, 3.63) is 35.3 Å². The summed E-state index contributed by atoms with van der Waals surface area (Å²) in [7, 11) is 1.54. The molecule has 1 amide bonds. The van der Waals surface area contributed by atoms with Crippen molar-refractivity contribution in [2.24, 2.45) is 0 Å². The van der Waals surface area contributed by atoms with Crippen LogP contribution in [0.4, 0.5) is 5.69 Å². The molecule has 1 N–H and O–H groups in total. The highest BCUT2D eigenvalue weighted by Gasteiger charge is 2.19. The Hall–Kier alpha value is -2.37. The number of aromatic nitrogens is 2. The van der Waals surface area contributed by atoms with Crippen LogP contribution in [-0.4, -0.2) is 23.2 Å². The Balaban J connectivity index is 2.18. The zero-order chi connectivity index (χ0) is 13.8. The quantitative estimate of drug-likeness (QED) is 0.912. The molecule has 0 aliphatic carbocycles. The van der Waals surface area contributed by atoms with E-state index < -0.39 is 0 Å². The predicted molar refractivity (Wildman–Crippen MR) is 69.4 cm³/mol. The van der Waals surface area contributed by atoms with Gasteiger partial charge in [0.15, 0.2) is 0 Å². The van der Waals surface area contributed by atoms with Crippen LogP contribution in [0.3, 0.4) is 0 Å². The lowest BCUT2D eigenvalue weighted by Crippen LogP contribution is -2.14. The van der Waals surface area contributed by atoms with Gasteiger partial charge in [-0.1, -0.05) is 12.1 Å². The highest BCUT2D eigenvalue weighted by atomic mass is 16.5. The third-order valence-electron chi connectivity index (χ3n) is 2.68. The molecule has 2 aromatic rings. The average molecular weight is 261 g/mol. The molecular formula is C13H15N3O3. The molecule has 0 atom stereocenters. The second-order valence-electron chi connectivity index (χ2n) is 3.96. The van der Waals surface area contributed by atoms with Crippen LogP contribution >= 0.6 is 0 Å². The molecule has 0 unspecified atom stereocenters. The van der Waals surface area contributed by atoms with Gasteiger partial charge in [-0.2, -0.15) is 0 Å². The van der Waals surface area contributed by atoms with Crippen molar-refractivity contribution in [3.63, 3.8) is 0 Å². The average Bonchev–Trinajstić information content (AvgIpc) is 2.80. The summed E-state index contributed by atoms with van der Waals surface area (Å²) in [6.45, 7) is 3.65. The lowest BCUT2D eigenvalue weighted by molar-refractivity contribution is 0.102. The van der Waals surface area contributed by atoms with Crippen molar-refractivity contribution in [1.82, 2.24) is 10.1 Å². The van der Waals surface area contributed by atoms with Gasteiger partial charge >= 0.3 is 0 Å². The van der Waals surface area contributed by atoms with Crippen LogP contribution in [0.2, 0.25) is 0 Å². The molecule has 0 aliphatic rings. The number of pyridine rings is 1. The van der Waals surface area contributed by atoms with E-state index in [2.05, 4.69) is 15.5 Å². The van der Waals surface area contributed by atoms with Crippen molar-refractivity contribution in [1.29, 1.82) is 0 Å². The third kappa shape index (κ3) is 2.73. The number of hydrogen-bond acceptors (Lipinski definition) is 5. The van der Waals surface area contributed by atoms with Gasteiger partial charge in [0.25, 0.3) is 5.91 Å². The minimum absolute atomic E-state index is 0.248. The van der Waals surface area contributed by atoms with Crippen molar-refractivity contribution < 1.29 is 14.1 Å². The number of rotatable bonds is 4. The standard InChI is InChI=1S/C13H15N3O3/c1-4-10-12(8(2)16-19-10)13(17)15-9-5-6-11(18-3)14-7-9/h5-7H,4H2,1-3H3,(H,15,17). The predicted octanol–water partition coefficient (Wildman–Crippen LogP) is 2.20. The van der Waals surface area contributed by atoms with Crippen LogP contribution in [0.25, 0.3) is 0 Å². The van der Waals surface area contributed by atoms with Gasteiger partial charge in [-0.15, -0.1) is 0 Å². The Morgan fingerprint density at radius 2 is 2.26 bits per heavy atom. The molecule has 6 nitrogen and oxygen atoms in total. The maximum absolute atomic E-state index is 12.2. The van der Waals surface area contributed by atoms with E-state index in [1.165, 1.54) is 13.3 Å². The summed E-state index contributed by atoms with van der Waals surface area (Å²) in [4.78, 5) is 16.2. The van der Waals surface area contributed by atoms with Crippen LogP contribution in [-0.2, 0) is 6.42 Å². The molecule has 0 saturated carbocycles. The van der Waals surface area contributed by atoms with Crippen molar-refractivity contribution in [3.8, 4) is 5.88 Å². The summed E-state index contributed by atoms with van der Waals surface area (Å²) in [5, 5.41) is 6.56. The normalized spacial score (nSPS) is 10.3. The van der Waals surface area contributed by atoms with Crippen LogP contribution in [0.5, 0.6) is 5.88 Å². The second kappa shape index (κ2) is 5.51. The number of carbonyl (C=O) groups excluding carboxylic acids is 1. The Bertz CT molecular complexity index is 575. The first-order chi connectivity index (χ1) is 9.15. The topological polar surface area (TPSA) is 77.2 Å². The zero-order valence-corrected chi connectivity index (χ0v) is 11.1.